The van der Waals surface area contributed by atoms with E-state index in [9.17, 15) is 24.0 Å². The number of carbonyl (C=O) groups excluding carboxylic acids is 3. The summed E-state index contributed by atoms with van der Waals surface area (Å²) in [5, 5.41) is 18.5. The van der Waals surface area contributed by atoms with Gasteiger partial charge in [-0.05, 0) is 32.0 Å². The summed E-state index contributed by atoms with van der Waals surface area (Å²) >= 11 is 0. The number of aliphatic carboxylic acids is 2. The number of fused-ring (bicyclic) bond motifs is 2. The molecule has 0 atom stereocenters. The highest BCUT2D eigenvalue weighted by molar-refractivity contribution is 6.30. The predicted octanol–water partition coefficient (Wildman–Crippen LogP) is 2.99. The van der Waals surface area contributed by atoms with Gasteiger partial charge in [-0.3, -0.25) is 14.4 Å². The molecule has 0 aromatic heterocycles. The molecular weight excluding hydrogens is 452 g/mol. The van der Waals surface area contributed by atoms with E-state index < -0.39 is 11.9 Å². The lowest BCUT2D eigenvalue weighted by Gasteiger charge is -2.26. The number of piperidine rings is 1. The molecule has 1 fully saturated rings. The Labute approximate surface area is 202 Å². The Balaban J connectivity index is 0.000000371. The van der Waals surface area contributed by atoms with Gasteiger partial charge in [0, 0.05) is 41.8 Å². The van der Waals surface area contributed by atoms with E-state index >= 15 is 0 Å². The lowest BCUT2D eigenvalue weighted by atomic mass is 9.83. The van der Waals surface area contributed by atoms with Crippen molar-refractivity contribution in [2.24, 2.45) is 0 Å². The van der Waals surface area contributed by atoms with Crippen molar-refractivity contribution in [3.63, 3.8) is 0 Å². The van der Waals surface area contributed by atoms with E-state index in [4.69, 9.17) is 10.2 Å². The third-order valence-corrected chi connectivity index (χ3v) is 5.70. The highest BCUT2D eigenvalue weighted by Crippen LogP contribution is 2.32. The Morgan fingerprint density at radius 2 is 1.37 bits per heavy atom. The van der Waals surface area contributed by atoms with Crippen LogP contribution in [0.1, 0.15) is 57.5 Å². The highest BCUT2D eigenvalue weighted by Gasteiger charge is 2.31. The van der Waals surface area contributed by atoms with Crippen molar-refractivity contribution in [1.82, 2.24) is 4.90 Å². The van der Waals surface area contributed by atoms with Gasteiger partial charge in [-0.2, -0.15) is 0 Å². The topological polar surface area (TPSA) is 141 Å². The summed E-state index contributed by atoms with van der Waals surface area (Å²) in [5.74, 6) is -3.04. The average molecular weight is 479 g/mol. The first-order valence-corrected chi connectivity index (χ1v) is 11.3. The standard InChI is InChI=1S/C22H22N2O3.C4H4O4/c25-19(11-14-24-12-4-1-5-13-24)23-18-10-6-9-17-20(18)22(27)16-8-3-2-7-15(16)21(17)26;5-3(6)1-2-4(7)8/h2-3,6-10H,1,4-5,11-14H2,(H,23,25);1-2H,(H,5,6)(H,7,8). The molecule has 4 rings (SSSR count). The number of carboxylic acid groups (broad SMARTS) is 2. The second kappa shape index (κ2) is 11.8. The van der Waals surface area contributed by atoms with Gasteiger partial charge in [0.05, 0.1) is 11.3 Å². The first-order valence-electron chi connectivity index (χ1n) is 11.3. The molecule has 3 N–H and O–H groups in total. The van der Waals surface area contributed by atoms with Gasteiger partial charge in [0.15, 0.2) is 11.6 Å². The second-order valence-corrected chi connectivity index (χ2v) is 8.14. The van der Waals surface area contributed by atoms with Crippen LogP contribution in [0.3, 0.4) is 0 Å². The summed E-state index contributed by atoms with van der Waals surface area (Å²) in [5.41, 5.74) is 1.89. The van der Waals surface area contributed by atoms with Gasteiger partial charge >= 0.3 is 11.9 Å². The van der Waals surface area contributed by atoms with Crippen LogP contribution in [0.2, 0.25) is 0 Å². The van der Waals surface area contributed by atoms with Crippen LogP contribution < -0.4 is 5.32 Å². The quantitative estimate of drug-likeness (QED) is 0.459. The zero-order valence-corrected chi connectivity index (χ0v) is 19.0. The fraction of sp³-hybridized carbons (Fsp3) is 0.269. The van der Waals surface area contributed by atoms with Gasteiger partial charge in [-0.15, -0.1) is 0 Å². The van der Waals surface area contributed by atoms with Crippen molar-refractivity contribution in [3.05, 3.63) is 76.9 Å². The Bertz CT molecular complexity index is 1160. The molecule has 1 aliphatic heterocycles. The van der Waals surface area contributed by atoms with Gasteiger partial charge in [0.2, 0.25) is 5.91 Å². The minimum absolute atomic E-state index is 0.131. The lowest BCUT2D eigenvalue weighted by Crippen LogP contribution is -2.32. The monoisotopic (exact) mass is 478 g/mol. The number of nitrogens with zero attached hydrogens (tertiary/aromatic N) is 1. The molecule has 182 valence electrons. The highest BCUT2D eigenvalue weighted by atomic mass is 16.4. The van der Waals surface area contributed by atoms with Crippen molar-refractivity contribution in [1.29, 1.82) is 0 Å². The molecule has 1 heterocycles. The minimum Gasteiger partial charge on any atom is -0.478 e. The third-order valence-electron chi connectivity index (χ3n) is 5.70. The molecule has 2 aromatic rings. The Morgan fingerprint density at radius 1 is 0.800 bits per heavy atom. The van der Waals surface area contributed by atoms with Gasteiger partial charge in [0.1, 0.15) is 0 Å². The van der Waals surface area contributed by atoms with Crippen LogP contribution in [0.4, 0.5) is 5.69 Å². The van der Waals surface area contributed by atoms with Gasteiger partial charge in [0.25, 0.3) is 0 Å². The number of ketones is 2. The van der Waals surface area contributed by atoms with Crippen molar-refractivity contribution in [2.75, 3.05) is 25.0 Å². The summed E-state index contributed by atoms with van der Waals surface area (Å²) in [6.07, 6.45) is 5.12. The summed E-state index contributed by atoms with van der Waals surface area (Å²) < 4.78 is 0. The first-order chi connectivity index (χ1) is 16.8. The van der Waals surface area contributed by atoms with E-state index in [0.29, 0.717) is 46.5 Å². The summed E-state index contributed by atoms with van der Waals surface area (Å²) in [4.78, 5) is 59.5. The predicted molar refractivity (Wildman–Crippen MR) is 128 cm³/mol. The lowest BCUT2D eigenvalue weighted by molar-refractivity contribution is -0.134. The molecule has 1 amide bonds. The van der Waals surface area contributed by atoms with E-state index in [2.05, 4.69) is 10.2 Å². The number of hydrogen-bond donors (Lipinski definition) is 3. The molecule has 1 aliphatic carbocycles. The number of rotatable bonds is 6. The molecule has 35 heavy (non-hydrogen) atoms. The van der Waals surface area contributed by atoms with Crippen molar-refractivity contribution < 1.29 is 34.2 Å². The molecule has 0 radical (unpaired) electrons. The molecule has 0 bridgehead atoms. The number of carbonyl (C=O) groups is 5. The number of amides is 1. The van der Waals surface area contributed by atoms with Crippen LogP contribution in [-0.4, -0.2) is 64.2 Å². The van der Waals surface area contributed by atoms with E-state index in [1.807, 2.05) is 0 Å². The van der Waals surface area contributed by atoms with Crippen LogP contribution in [0.15, 0.2) is 54.6 Å². The van der Waals surface area contributed by atoms with Crippen LogP contribution >= 0.6 is 0 Å². The molecule has 0 unspecified atom stereocenters. The molecule has 9 heteroatoms. The number of benzene rings is 2. The Kier molecular flexibility index (Phi) is 8.63. The SMILES string of the molecule is O=C(CCN1CCCCC1)Nc1cccc2c1C(=O)c1ccccc1C2=O.O=C(O)C=CC(=O)O. The Hall–Kier alpha value is -4.11. The maximum Gasteiger partial charge on any atom is 0.328 e. The Morgan fingerprint density at radius 3 is 1.97 bits per heavy atom. The van der Waals surface area contributed by atoms with Gasteiger partial charge in [-0.1, -0.05) is 42.8 Å². The van der Waals surface area contributed by atoms with E-state index in [-0.39, 0.29) is 17.5 Å². The fourth-order valence-electron chi connectivity index (χ4n) is 4.05. The van der Waals surface area contributed by atoms with Gasteiger partial charge in [-0.25, -0.2) is 9.59 Å². The third kappa shape index (κ3) is 6.70. The van der Waals surface area contributed by atoms with Crippen LogP contribution in [0, 0.1) is 0 Å². The van der Waals surface area contributed by atoms with Gasteiger partial charge < -0.3 is 20.4 Å². The normalized spacial score (nSPS) is 15.0. The van der Waals surface area contributed by atoms with Crippen LogP contribution in [0.5, 0.6) is 0 Å². The first kappa shape index (κ1) is 25.5. The summed E-state index contributed by atoms with van der Waals surface area (Å²) in [6, 6.07) is 11.9. The minimum atomic E-state index is -1.26. The molecule has 2 aliphatic rings. The number of carboxylic acids is 2. The van der Waals surface area contributed by atoms with Crippen molar-refractivity contribution in [3.8, 4) is 0 Å². The number of anilines is 1. The van der Waals surface area contributed by atoms with Crippen molar-refractivity contribution >= 4 is 35.1 Å². The fourth-order valence-corrected chi connectivity index (χ4v) is 4.05. The van der Waals surface area contributed by atoms with E-state index in [0.717, 1.165) is 19.6 Å². The van der Waals surface area contributed by atoms with Crippen LogP contribution in [0.25, 0.3) is 0 Å². The average Bonchev–Trinajstić information content (AvgIpc) is 2.86. The molecule has 2 aromatic carbocycles. The smallest absolute Gasteiger partial charge is 0.328 e. The zero-order valence-electron chi connectivity index (χ0n) is 19.0. The number of nitrogens with one attached hydrogen (secondary N) is 1. The number of likely N-dealkylation sites (tertiary alicyclic amines) is 1. The molecule has 0 saturated carbocycles. The molecule has 1 saturated heterocycles. The maximum atomic E-state index is 12.9. The number of hydrogen-bond acceptors (Lipinski definition) is 6. The van der Waals surface area contributed by atoms with E-state index in [1.54, 1.807) is 42.5 Å². The molecular formula is C26H26N2O7. The van der Waals surface area contributed by atoms with E-state index in [1.165, 1.54) is 19.3 Å². The molecule has 0 spiro atoms. The summed E-state index contributed by atoms with van der Waals surface area (Å²) in [7, 11) is 0. The van der Waals surface area contributed by atoms with Crippen molar-refractivity contribution in [2.45, 2.75) is 25.7 Å². The maximum absolute atomic E-state index is 12.9. The second-order valence-electron chi connectivity index (χ2n) is 8.14. The summed E-state index contributed by atoms with van der Waals surface area (Å²) in [6.45, 7) is 2.80. The van der Waals surface area contributed by atoms with Crippen LogP contribution in [-0.2, 0) is 14.4 Å². The largest absolute Gasteiger partial charge is 0.478 e. The zero-order chi connectivity index (χ0) is 25.4. The molecule has 9 nitrogen and oxygen atoms in total.